The molecule has 4 nitrogen and oxygen atoms in total. The highest BCUT2D eigenvalue weighted by Crippen LogP contribution is 2.30. The number of hydrogen-bond acceptors (Lipinski definition) is 3. The molecule has 1 saturated heterocycles. The molecule has 1 fully saturated rings. The van der Waals surface area contributed by atoms with Gasteiger partial charge in [-0.1, -0.05) is 6.07 Å². The SMILES string of the molecule is CNC1CCN(S(=O)(=O)c2c(C)c(C)cc(C)c2C)CC1.Cl. The standard InChI is InChI=1S/C16H26N2O2S.ClH/c1-11-10-12(2)14(4)16(13(11)3)21(19,20)18-8-6-15(17-5)7-9-18;/h10,15,17H,6-9H2,1-5H3;1H. The van der Waals surface area contributed by atoms with Gasteiger partial charge in [-0.15, -0.1) is 12.4 Å². The van der Waals surface area contributed by atoms with Crippen LogP contribution in [-0.4, -0.2) is 38.9 Å². The Morgan fingerprint density at radius 1 is 1.05 bits per heavy atom. The predicted octanol–water partition coefficient (Wildman–Crippen LogP) is 2.71. The van der Waals surface area contributed by atoms with Crippen molar-refractivity contribution in [2.24, 2.45) is 0 Å². The van der Waals surface area contributed by atoms with Crippen molar-refractivity contribution in [2.75, 3.05) is 20.1 Å². The second-order valence-corrected chi connectivity index (χ2v) is 7.93. The third-order valence-corrected chi connectivity index (χ3v) is 6.93. The molecule has 0 atom stereocenters. The first-order chi connectivity index (χ1) is 9.78. The minimum atomic E-state index is -3.39. The lowest BCUT2D eigenvalue weighted by atomic mass is 10.0. The number of sulfonamides is 1. The van der Waals surface area contributed by atoms with Crippen LogP contribution >= 0.6 is 12.4 Å². The number of piperidine rings is 1. The van der Waals surface area contributed by atoms with Crippen LogP contribution in [0.25, 0.3) is 0 Å². The van der Waals surface area contributed by atoms with Gasteiger partial charge in [0.2, 0.25) is 10.0 Å². The summed E-state index contributed by atoms with van der Waals surface area (Å²) in [5.41, 5.74) is 3.85. The maximum absolute atomic E-state index is 13.0. The van der Waals surface area contributed by atoms with Gasteiger partial charge in [-0.25, -0.2) is 8.42 Å². The van der Waals surface area contributed by atoms with E-state index in [-0.39, 0.29) is 12.4 Å². The molecular formula is C16H27ClN2O2S. The second-order valence-electron chi connectivity index (χ2n) is 6.06. The second kappa shape index (κ2) is 7.30. The molecule has 1 N–H and O–H groups in total. The molecule has 0 bridgehead atoms. The molecule has 0 unspecified atom stereocenters. The molecule has 22 heavy (non-hydrogen) atoms. The Balaban J connectivity index is 0.00000242. The fourth-order valence-corrected chi connectivity index (χ4v) is 5.13. The van der Waals surface area contributed by atoms with Gasteiger partial charge in [-0.05, 0) is 69.8 Å². The summed E-state index contributed by atoms with van der Waals surface area (Å²) < 4.78 is 27.7. The van der Waals surface area contributed by atoms with Gasteiger partial charge in [-0.2, -0.15) is 4.31 Å². The van der Waals surface area contributed by atoms with Crippen molar-refractivity contribution in [1.82, 2.24) is 9.62 Å². The number of benzene rings is 1. The average Bonchev–Trinajstić information content (AvgIpc) is 2.45. The van der Waals surface area contributed by atoms with E-state index in [9.17, 15) is 8.42 Å². The topological polar surface area (TPSA) is 49.4 Å². The molecule has 0 saturated carbocycles. The normalized spacial score (nSPS) is 17.3. The summed E-state index contributed by atoms with van der Waals surface area (Å²) in [6.45, 7) is 8.98. The minimum Gasteiger partial charge on any atom is -0.317 e. The molecule has 6 heteroatoms. The van der Waals surface area contributed by atoms with Crippen LogP contribution in [0.1, 0.15) is 35.1 Å². The average molecular weight is 347 g/mol. The Morgan fingerprint density at radius 3 is 1.91 bits per heavy atom. The number of halogens is 1. The van der Waals surface area contributed by atoms with Gasteiger partial charge >= 0.3 is 0 Å². The van der Waals surface area contributed by atoms with E-state index >= 15 is 0 Å². The van der Waals surface area contributed by atoms with Crippen LogP contribution in [0.3, 0.4) is 0 Å². The Kier molecular flexibility index (Phi) is 6.45. The van der Waals surface area contributed by atoms with Crippen LogP contribution in [0.4, 0.5) is 0 Å². The number of aryl methyl sites for hydroxylation is 2. The largest absolute Gasteiger partial charge is 0.317 e. The van der Waals surface area contributed by atoms with E-state index in [0.717, 1.165) is 35.1 Å². The van der Waals surface area contributed by atoms with E-state index in [1.165, 1.54) is 0 Å². The maximum atomic E-state index is 13.0. The number of hydrogen-bond donors (Lipinski definition) is 1. The van der Waals surface area contributed by atoms with Crippen molar-refractivity contribution in [3.63, 3.8) is 0 Å². The van der Waals surface area contributed by atoms with E-state index < -0.39 is 10.0 Å². The summed E-state index contributed by atoms with van der Waals surface area (Å²) in [5, 5.41) is 3.24. The zero-order chi connectivity index (χ0) is 15.8. The van der Waals surface area contributed by atoms with Crippen LogP contribution in [0.5, 0.6) is 0 Å². The Labute approximate surface area is 140 Å². The monoisotopic (exact) mass is 346 g/mol. The highest BCUT2D eigenvalue weighted by atomic mass is 35.5. The van der Waals surface area contributed by atoms with E-state index in [1.807, 2.05) is 34.7 Å². The minimum absolute atomic E-state index is 0. The maximum Gasteiger partial charge on any atom is 0.243 e. The van der Waals surface area contributed by atoms with E-state index in [4.69, 9.17) is 0 Å². The number of nitrogens with one attached hydrogen (secondary N) is 1. The van der Waals surface area contributed by atoms with Gasteiger partial charge in [0.1, 0.15) is 0 Å². The molecular weight excluding hydrogens is 320 g/mol. The summed E-state index contributed by atoms with van der Waals surface area (Å²) in [5.74, 6) is 0. The van der Waals surface area contributed by atoms with Crippen molar-refractivity contribution in [3.8, 4) is 0 Å². The summed E-state index contributed by atoms with van der Waals surface area (Å²) in [4.78, 5) is 0.517. The highest BCUT2D eigenvalue weighted by Gasteiger charge is 2.31. The van der Waals surface area contributed by atoms with Gasteiger partial charge in [-0.3, -0.25) is 0 Å². The van der Waals surface area contributed by atoms with Crippen molar-refractivity contribution in [2.45, 2.75) is 51.5 Å². The molecule has 0 aromatic heterocycles. The lowest BCUT2D eigenvalue weighted by molar-refractivity contribution is 0.298. The summed E-state index contributed by atoms with van der Waals surface area (Å²) in [7, 11) is -1.46. The van der Waals surface area contributed by atoms with Gasteiger partial charge in [0.15, 0.2) is 0 Å². The van der Waals surface area contributed by atoms with Gasteiger partial charge in [0.05, 0.1) is 4.90 Å². The molecule has 1 heterocycles. The third-order valence-electron chi connectivity index (χ3n) is 4.76. The van der Waals surface area contributed by atoms with Crippen LogP contribution in [0.2, 0.25) is 0 Å². The van der Waals surface area contributed by atoms with E-state index in [2.05, 4.69) is 11.4 Å². The van der Waals surface area contributed by atoms with Crippen molar-refractivity contribution >= 4 is 22.4 Å². The predicted molar refractivity (Wildman–Crippen MR) is 93.5 cm³/mol. The Hall–Kier alpha value is -0.620. The number of nitrogens with zero attached hydrogens (tertiary/aromatic N) is 1. The van der Waals surface area contributed by atoms with Crippen molar-refractivity contribution < 1.29 is 8.42 Å². The highest BCUT2D eigenvalue weighted by molar-refractivity contribution is 7.89. The third kappa shape index (κ3) is 3.48. The zero-order valence-corrected chi connectivity index (χ0v) is 15.7. The van der Waals surface area contributed by atoms with Crippen LogP contribution in [0, 0.1) is 27.7 Å². The molecule has 126 valence electrons. The smallest absolute Gasteiger partial charge is 0.243 e. The van der Waals surface area contributed by atoms with Crippen LogP contribution < -0.4 is 5.32 Å². The molecule has 1 aromatic rings. The fraction of sp³-hybridized carbons (Fsp3) is 0.625. The Morgan fingerprint density at radius 2 is 1.50 bits per heavy atom. The molecule has 1 aromatic carbocycles. The molecule has 0 radical (unpaired) electrons. The number of rotatable bonds is 3. The first-order valence-electron chi connectivity index (χ1n) is 7.54. The van der Waals surface area contributed by atoms with Gasteiger partial charge in [0, 0.05) is 19.1 Å². The lowest BCUT2D eigenvalue weighted by Gasteiger charge is -2.32. The summed E-state index contributed by atoms with van der Waals surface area (Å²) in [6.07, 6.45) is 1.75. The molecule has 0 amide bonds. The van der Waals surface area contributed by atoms with Gasteiger partial charge < -0.3 is 5.32 Å². The summed E-state index contributed by atoms with van der Waals surface area (Å²) in [6, 6.07) is 2.49. The molecule has 1 aliphatic heterocycles. The quantitative estimate of drug-likeness (QED) is 0.915. The van der Waals surface area contributed by atoms with Crippen molar-refractivity contribution in [3.05, 3.63) is 28.3 Å². The first-order valence-corrected chi connectivity index (χ1v) is 8.98. The van der Waals surface area contributed by atoms with Crippen LogP contribution in [-0.2, 0) is 10.0 Å². The molecule has 0 aliphatic carbocycles. The molecule has 1 aliphatic rings. The van der Waals surface area contributed by atoms with Crippen LogP contribution in [0.15, 0.2) is 11.0 Å². The summed E-state index contributed by atoms with van der Waals surface area (Å²) >= 11 is 0. The van der Waals surface area contributed by atoms with E-state index in [1.54, 1.807) is 4.31 Å². The lowest BCUT2D eigenvalue weighted by Crippen LogP contribution is -2.44. The molecule has 0 spiro atoms. The zero-order valence-electron chi connectivity index (χ0n) is 14.1. The molecule has 2 rings (SSSR count). The van der Waals surface area contributed by atoms with Gasteiger partial charge in [0.25, 0.3) is 0 Å². The Bertz CT molecular complexity index is 610. The fourth-order valence-electron chi connectivity index (χ4n) is 3.08. The van der Waals surface area contributed by atoms with Crippen molar-refractivity contribution in [1.29, 1.82) is 0 Å². The first kappa shape index (κ1) is 19.4. The van der Waals surface area contributed by atoms with E-state index in [0.29, 0.717) is 24.0 Å².